The fourth-order valence-electron chi connectivity index (χ4n) is 3.62. The van der Waals surface area contributed by atoms with Gasteiger partial charge in [0.05, 0.1) is 17.1 Å². The summed E-state index contributed by atoms with van der Waals surface area (Å²) in [7, 11) is 0. The molecule has 0 radical (unpaired) electrons. The molecule has 1 N–H and O–H groups in total. The fraction of sp³-hybridized carbons (Fsp3) is 0.381. The number of piperazine rings is 1. The zero-order valence-corrected chi connectivity index (χ0v) is 15.8. The lowest BCUT2D eigenvalue weighted by Gasteiger charge is -2.38. The quantitative estimate of drug-likeness (QED) is 0.769. The highest BCUT2D eigenvalue weighted by Gasteiger charge is 2.23. The molecule has 2 unspecified atom stereocenters. The highest BCUT2D eigenvalue weighted by Crippen LogP contribution is 2.25. The molecule has 27 heavy (non-hydrogen) atoms. The predicted octanol–water partition coefficient (Wildman–Crippen LogP) is 2.96. The number of benzene rings is 1. The van der Waals surface area contributed by atoms with E-state index in [0.717, 1.165) is 48.6 Å². The molecule has 3 heterocycles. The first-order valence-electron chi connectivity index (χ1n) is 9.45. The number of hydrogen-bond donors (Lipinski definition) is 1. The fourth-order valence-corrected chi connectivity index (χ4v) is 3.62. The van der Waals surface area contributed by atoms with E-state index in [-0.39, 0.29) is 0 Å². The Morgan fingerprint density at radius 2 is 1.56 bits per heavy atom. The van der Waals surface area contributed by atoms with Crippen molar-refractivity contribution in [1.29, 1.82) is 0 Å². The number of rotatable bonds is 4. The Morgan fingerprint density at radius 1 is 0.852 bits per heavy atom. The van der Waals surface area contributed by atoms with E-state index in [2.05, 4.69) is 49.9 Å². The molecule has 1 saturated heterocycles. The molecular formula is C21H25N5O. The Kier molecular flexibility index (Phi) is 5.01. The summed E-state index contributed by atoms with van der Waals surface area (Å²) in [6.07, 6.45) is 4.76. The first-order chi connectivity index (χ1) is 13.1. The zero-order chi connectivity index (χ0) is 18.8. The van der Waals surface area contributed by atoms with Crippen LogP contribution in [0, 0.1) is 0 Å². The van der Waals surface area contributed by atoms with E-state index in [9.17, 15) is 5.11 Å². The van der Waals surface area contributed by atoms with Crippen LogP contribution in [0.2, 0.25) is 0 Å². The van der Waals surface area contributed by atoms with Gasteiger partial charge in [0.1, 0.15) is 5.82 Å². The SMILES string of the molecule is CC(O)c1ccc(N2CCN(C(C)c3ccc4nccnc4c3)CC2)nc1. The minimum Gasteiger partial charge on any atom is -0.389 e. The van der Waals surface area contributed by atoms with Gasteiger partial charge in [0.15, 0.2) is 0 Å². The van der Waals surface area contributed by atoms with Crippen molar-refractivity contribution in [3.05, 3.63) is 60.0 Å². The lowest BCUT2D eigenvalue weighted by Crippen LogP contribution is -2.47. The van der Waals surface area contributed by atoms with Crippen LogP contribution in [0.5, 0.6) is 0 Å². The molecule has 3 aromatic rings. The molecule has 2 aromatic heterocycles. The zero-order valence-electron chi connectivity index (χ0n) is 15.8. The van der Waals surface area contributed by atoms with Crippen molar-refractivity contribution in [2.45, 2.75) is 26.0 Å². The third-order valence-corrected chi connectivity index (χ3v) is 5.41. The number of nitrogens with zero attached hydrogens (tertiary/aromatic N) is 5. The van der Waals surface area contributed by atoms with Gasteiger partial charge in [-0.25, -0.2) is 4.98 Å². The van der Waals surface area contributed by atoms with Crippen LogP contribution in [0.4, 0.5) is 5.82 Å². The monoisotopic (exact) mass is 363 g/mol. The standard InChI is InChI=1S/C21H25N5O/c1-15(17-3-5-19-20(13-17)23-8-7-22-19)25-9-11-26(12-10-25)21-6-4-18(14-24-21)16(2)27/h3-8,13-16,27H,9-12H2,1-2H3. The molecule has 1 aliphatic heterocycles. The normalized spacial score (nSPS) is 17.8. The summed E-state index contributed by atoms with van der Waals surface area (Å²) in [4.78, 5) is 18.1. The van der Waals surface area contributed by atoms with E-state index < -0.39 is 6.10 Å². The maximum atomic E-state index is 9.63. The predicted molar refractivity (Wildman–Crippen MR) is 107 cm³/mol. The van der Waals surface area contributed by atoms with Crippen LogP contribution in [-0.2, 0) is 0 Å². The van der Waals surface area contributed by atoms with E-state index in [1.807, 2.05) is 12.1 Å². The molecule has 0 spiro atoms. The molecule has 140 valence electrons. The van der Waals surface area contributed by atoms with Gasteiger partial charge in [0.2, 0.25) is 0 Å². The van der Waals surface area contributed by atoms with Gasteiger partial charge in [0, 0.05) is 50.8 Å². The minimum atomic E-state index is -0.476. The summed E-state index contributed by atoms with van der Waals surface area (Å²) in [5.41, 5.74) is 4.01. The molecule has 2 atom stereocenters. The second-order valence-electron chi connectivity index (χ2n) is 7.13. The lowest BCUT2D eigenvalue weighted by molar-refractivity contribution is 0.197. The van der Waals surface area contributed by atoms with E-state index in [1.165, 1.54) is 5.56 Å². The summed E-state index contributed by atoms with van der Waals surface area (Å²) in [6.45, 7) is 7.87. The summed E-state index contributed by atoms with van der Waals surface area (Å²) in [6, 6.07) is 10.7. The van der Waals surface area contributed by atoms with Crippen molar-refractivity contribution in [3.8, 4) is 0 Å². The molecule has 0 aliphatic carbocycles. The number of hydrogen-bond acceptors (Lipinski definition) is 6. The van der Waals surface area contributed by atoms with Crippen LogP contribution in [0.1, 0.15) is 37.1 Å². The highest BCUT2D eigenvalue weighted by molar-refractivity contribution is 5.74. The van der Waals surface area contributed by atoms with Gasteiger partial charge in [-0.05, 0) is 43.2 Å². The molecule has 1 aromatic carbocycles. The van der Waals surface area contributed by atoms with Crippen molar-refractivity contribution in [3.63, 3.8) is 0 Å². The van der Waals surface area contributed by atoms with Gasteiger partial charge < -0.3 is 10.0 Å². The third kappa shape index (κ3) is 3.77. The Labute approximate surface area is 159 Å². The first kappa shape index (κ1) is 17.8. The number of pyridine rings is 1. The molecule has 1 fully saturated rings. The van der Waals surface area contributed by atoms with Gasteiger partial charge in [-0.2, -0.15) is 0 Å². The molecule has 4 rings (SSSR count). The smallest absolute Gasteiger partial charge is 0.128 e. The lowest BCUT2D eigenvalue weighted by atomic mass is 10.0. The average molecular weight is 363 g/mol. The van der Waals surface area contributed by atoms with Crippen LogP contribution >= 0.6 is 0 Å². The number of anilines is 1. The van der Waals surface area contributed by atoms with E-state index >= 15 is 0 Å². The number of aromatic nitrogens is 3. The van der Waals surface area contributed by atoms with Crippen LogP contribution in [-0.4, -0.2) is 51.1 Å². The van der Waals surface area contributed by atoms with Crippen LogP contribution in [0.25, 0.3) is 11.0 Å². The van der Waals surface area contributed by atoms with Gasteiger partial charge >= 0.3 is 0 Å². The molecule has 6 nitrogen and oxygen atoms in total. The summed E-state index contributed by atoms with van der Waals surface area (Å²) < 4.78 is 0. The van der Waals surface area contributed by atoms with Crippen molar-refractivity contribution >= 4 is 16.9 Å². The van der Waals surface area contributed by atoms with E-state index in [4.69, 9.17) is 0 Å². The maximum absolute atomic E-state index is 9.63. The largest absolute Gasteiger partial charge is 0.389 e. The van der Waals surface area contributed by atoms with Crippen LogP contribution in [0.3, 0.4) is 0 Å². The van der Waals surface area contributed by atoms with E-state index in [1.54, 1.807) is 25.5 Å². The van der Waals surface area contributed by atoms with Gasteiger partial charge in [0.25, 0.3) is 0 Å². The number of aliphatic hydroxyl groups is 1. The van der Waals surface area contributed by atoms with Crippen molar-refractivity contribution < 1.29 is 5.11 Å². The molecule has 0 saturated carbocycles. The molecule has 0 bridgehead atoms. The van der Waals surface area contributed by atoms with Crippen molar-refractivity contribution in [1.82, 2.24) is 19.9 Å². The second-order valence-corrected chi connectivity index (χ2v) is 7.13. The van der Waals surface area contributed by atoms with Crippen LogP contribution in [0.15, 0.2) is 48.9 Å². The topological polar surface area (TPSA) is 65.4 Å². The first-order valence-corrected chi connectivity index (χ1v) is 9.45. The molecule has 1 aliphatic rings. The molecule has 6 heteroatoms. The third-order valence-electron chi connectivity index (χ3n) is 5.41. The van der Waals surface area contributed by atoms with E-state index in [0.29, 0.717) is 6.04 Å². The van der Waals surface area contributed by atoms with Gasteiger partial charge in [-0.3, -0.25) is 14.9 Å². The Bertz CT molecular complexity index is 904. The summed E-state index contributed by atoms with van der Waals surface area (Å²) in [5.74, 6) is 0.979. The van der Waals surface area contributed by atoms with Crippen molar-refractivity contribution in [2.24, 2.45) is 0 Å². The second kappa shape index (κ2) is 7.58. The maximum Gasteiger partial charge on any atom is 0.128 e. The average Bonchev–Trinajstić information content (AvgIpc) is 2.73. The summed E-state index contributed by atoms with van der Waals surface area (Å²) >= 11 is 0. The highest BCUT2D eigenvalue weighted by atomic mass is 16.3. The van der Waals surface area contributed by atoms with Gasteiger partial charge in [-0.1, -0.05) is 12.1 Å². The van der Waals surface area contributed by atoms with Gasteiger partial charge in [-0.15, -0.1) is 0 Å². The Balaban J connectivity index is 1.41. The molecular weight excluding hydrogens is 338 g/mol. The Hall–Kier alpha value is -2.57. The number of aliphatic hydroxyl groups excluding tert-OH is 1. The summed E-state index contributed by atoms with van der Waals surface area (Å²) in [5, 5.41) is 9.63. The molecule has 0 amide bonds. The number of fused-ring (bicyclic) bond motifs is 1. The Morgan fingerprint density at radius 3 is 2.22 bits per heavy atom. The van der Waals surface area contributed by atoms with Crippen molar-refractivity contribution in [2.75, 3.05) is 31.1 Å². The minimum absolute atomic E-state index is 0.337. The van der Waals surface area contributed by atoms with Crippen LogP contribution < -0.4 is 4.90 Å².